The summed E-state index contributed by atoms with van der Waals surface area (Å²) in [6, 6.07) is 7.49. The average Bonchev–Trinajstić information content (AvgIpc) is 2.46. The van der Waals surface area contributed by atoms with E-state index in [-0.39, 0.29) is 10.9 Å². The standard InChI is InChI=1S/C15H25N3O2S/c1-3-18-10-4-5-14(11-18)17-12(2)13-6-8-15(9-7-13)21(16,19)20/h6-9,12,14,17H,3-5,10-11H2,1-2H3,(H2,16,19,20). The lowest BCUT2D eigenvalue weighted by molar-refractivity contribution is 0.192. The molecule has 0 radical (unpaired) electrons. The van der Waals surface area contributed by atoms with Gasteiger partial charge in [-0.15, -0.1) is 0 Å². The molecule has 0 bridgehead atoms. The molecular formula is C15H25N3O2S. The molecule has 1 aromatic rings. The number of primary sulfonamides is 1. The van der Waals surface area contributed by atoms with Gasteiger partial charge in [0.1, 0.15) is 0 Å². The van der Waals surface area contributed by atoms with E-state index in [0.29, 0.717) is 6.04 Å². The monoisotopic (exact) mass is 311 g/mol. The first kappa shape index (κ1) is 16.4. The number of hydrogen-bond donors (Lipinski definition) is 2. The number of sulfonamides is 1. The van der Waals surface area contributed by atoms with Gasteiger partial charge in [0, 0.05) is 18.6 Å². The lowest BCUT2D eigenvalue weighted by Gasteiger charge is -2.34. The maximum Gasteiger partial charge on any atom is 0.238 e. The summed E-state index contributed by atoms with van der Waals surface area (Å²) >= 11 is 0. The lowest BCUT2D eigenvalue weighted by Crippen LogP contribution is -2.46. The van der Waals surface area contributed by atoms with Crippen LogP contribution < -0.4 is 10.5 Å². The molecule has 21 heavy (non-hydrogen) atoms. The average molecular weight is 311 g/mol. The third-order valence-electron chi connectivity index (χ3n) is 4.15. The van der Waals surface area contributed by atoms with Gasteiger partial charge in [0.2, 0.25) is 10.0 Å². The second kappa shape index (κ2) is 6.87. The van der Waals surface area contributed by atoms with Crippen molar-refractivity contribution < 1.29 is 8.42 Å². The van der Waals surface area contributed by atoms with Crippen molar-refractivity contribution in [2.75, 3.05) is 19.6 Å². The third-order valence-corrected chi connectivity index (χ3v) is 5.08. The predicted octanol–water partition coefficient (Wildman–Crippen LogP) is 1.47. The number of nitrogens with two attached hydrogens (primary N) is 1. The zero-order chi connectivity index (χ0) is 15.5. The van der Waals surface area contributed by atoms with Gasteiger partial charge in [0.15, 0.2) is 0 Å². The molecule has 118 valence electrons. The highest BCUT2D eigenvalue weighted by Gasteiger charge is 2.20. The van der Waals surface area contributed by atoms with Gasteiger partial charge >= 0.3 is 0 Å². The molecule has 1 saturated heterocycles. The maximum absolute atomic E-state index is 11.3. The van der Waals surface area contributed by atoms with Gasteiger partial charge in [-0.05, 0) is 50.6 Å². The van der Waals surface area contributed by atoms with Crippen LogP contribution in [0, 0.1) is 0 Å². The van der Waals surface area contributed by atoms with Crippen molar-refractivity contribution in [2.45, 2.75) is 43.7 Å². The van der Waals surface area contributed by atoms with E-state index in [4.69, 9.17) is 5.14 Å². The van der Waals surface area contributed by atoms with Crippen LogP contribution in [-0.2, 0) is 10.0 Å². The van der Waals surface area contributed by atoms with Crippen LogP contribution in [0.15, 0.2) is 29.2 Å². The molecular weight excluding hydrogens is 286 g/mol. The van der Waals surface area contributed by atoms with Crippen molar-refractivity contribution >= 4 is 10.0 Å². The fourth-order valence-corrected chi connectivity index (χ4v) is 3.39. The number of hydrogen-bond acceptors (Lipinski definition) is 4. The molecule has 0 amide bonds. The lowest BCUT2D eigenvalue weighted by atomic mass is 10.0. The number of rotatable bonds is 5. The van der Waals surface area contributed by atoms with E-state index in [1.807, 2.05) is 12.1 Å². The molecule has 1 aliphatic heterocycles. The van der Waals surface area contributed by atoms with Gasteiger partial charge in [-0.1, -0.05) is 19.1 Å². The first-order valence-electron chi connectivity index (χ1n) is 7.51. The predicted molar refractivity (Wildman–Crippen MR) is 84.5 cm³/mol. The second-order valence-corrected chi connectivity index (χ2v) is 7.30. The van der Waals surface area contributed by atoms with E-state index >= 15 is 0 Å². The smallest absolute Gasteiger partial charge is 0.238 e. The normalized spacial score (nSPS) is 22.1. The minimum Gasteiger partial charge on any atom is -0.306 e. The molecule has 2 atom stereocenters. The quantitative estimate of drug-likeness (QED) is 0.863. The summed E-state index contributed by atoms with van der Waals surface area (Å²) in [7, 11) is -3.61. The number of nitrogens with one attached hydrogen (secondary N) is 1. The van der Waals surface area contributed by atoms with Crippen molar-refractivity contribution in [3.63, 3.8) is 0 Å². The molecule has 5 nitrogen and oxygen atoms in total. The minimum absolute atomic E-state index is 0.160. The zero-order valence-electron chi connectivity index (χ0n) is 12.7. The Bertz CT molecular complexity index is 557. The van der Waals surface area contributed by atoms with Gasteiger partial charge < -0.3 is 10.2 Å². The zero-order valence-corrected chi connectivity index (χ0v) is 13.6. The van der Waals surface area contributed by atoms with Crippen molar-refractivity contribution in [3.05, 3.63) is 29.8 Å². The molecule has 6 heteroatoms. The molecule has 2 rings (SSSR count). The summed E-state index contributed by atoms with van der Waals surface area (Å²) in [6.07, 6.45) is 2.42. The minimum atomic E-state index is -3.61. The van der Waals surface area contributed by atoms with Gasteiger partial charge in [-0.2, -0.15) is 0 Å². The van der Waals surface area contributed by atoms with Gasteiger partial charge in [-0.3, -0.25) is 0 Å². The number of nitrogens with zero attached hydrogens (tertiary/aromatic N) is 1. The Morgan fingerprint density at radius 1 is 1.38 bits per heavy atom. The highest BCUT2D eigenvalue weighted by atomic mass is 32.2. The summed E-state index contributed by atoms with van der Waals surface area (Å²) in [6.45, 7) is 7.66. The SMILES string of the molecule is CCN1CCCC(NC(C)c2ccc(S(N)(=O)=O)cc2)C1. The Kier molecular flexibility index (Phi) is 5.37. The van der Waals surface area contributed by atoms with Crippen LogP contribution >= 0.6 is 0 Å². The molecule has 0 spiro atoms. The highest BCUT2D eigenvalue weighted by molar-refractivity contribution is 7.89. The van der Waals surface area contributed by atoms with Gasteiger partial charge in [-0.25, -0.2) is 13.6 Å². The van der Waals surface area contributed by atoms with Crippen molar-refractivity contribution in [1.29, 1.82) is 0 Å². The topological polar surface area (TPSA) is 75.4 Å². The van der Waals surface area contributed by atoms with E-state index in [1.54, 1.807) is 12.1 Å². The van der Waals surface area contributed by atoms with E-state index in [9.17, 15) is 8.42 Å². The molecule has 3 N–H and O–H groups in total. The molecule has 0 saturated carbocycles. The van der Waals surface area contributed by atoms with E-state index in [2.05, 4.69) is 24.1 Å². The largest absolute Gasteiger partial charge is 0.306 e. The number of piperidine rings is 1. The Labute approximate surface area is 127 Å². The first-order valence-corrected chi connectivity index (χ1v) is 9.06. The first-order chi connectivity index (χ1) is 9.90. The summed E-state index contributed by atoms with van der Waals surface area (Å²) in [4.78, 5) is 2.62. The van der Waals surface area contributed by atoms with Crippen LogP contribution in [0.5, 0.6) is 0 Å². The molecule has 1 heterocycles. The number of benzene rings is 1. The molecule has 0 aliphatic carbocycles. The highest BCUT2D eigenvalue weighted by Crippen LogP contribution is 2.18. The van der Waals surface area contributed by atoms with Crippen LogP contribution in [0.25, 0.3) is 0 Å². The van der Waals surface area contributed by atoms with Crippen molar-refractivity contribution in [1.82, 2.24) is 10.2 Å². The van der Waals surface area contributed by atoms with E-state index < -0.39 is 10.0 Å². The van der Waals surface area contributed by atoms with Gasteiger partial charge in [0.05, 0.1) is 4.90 Å². The number of likely N-dealkylation sites (N-methyl/N-ethyl adjacent to an activating group) is 1. The molecule has 2 unspecified atom stereocenters. The second-order valence-electron chi connectivity index (χ2n) is 5.73. The van der Waals surface area contributed by atoms with Crippen LogP contribution in [0.3, 0.4) is 0 Å². The summed E-state index contributed by atoms with van der Waals surface area (Å²) in [5.41, 5.74) is 1.08. The van der Waals surface area contributed by atoms with Crippen molar-refractivity contribution in [2.24, 2.45) is 5.14 Å². The third kappa shape index (κ3) is 4.51. The summed E-state index contributed by atoms with van der Waals surface area (Å²) in [5.74, 6) is 0. The van der Waals surface area contributed by atoms with Crippen molar-refractivity contribution in [3.8, 4) is 0 Å². The van der Waals surface area contributed by atoms with E-state index in [1.165, 1.54) is 19.4 Å². The number of likely N-dealkylation sites (tertiary alicyclic amines) is 1. The fraction of sp³-hybridized carbons (Fsp3) is 0.600. The summed E-state index contributed by atoms with van der Waals surface area (Å²) in [5, 5.41) is 8.75. The Morgan fingerprint density at radius 3 is 2.62 bits per heavy atom. The molecule has 1 fully saturated rings. The Morgan fingerprint density at radius 2 is 2.05 bits per heavy atom. The van der Waals surface area contributed by atoms with E-state index in [0.717, 1.165) is 18.7 Å². The Balaban J connectivity index is 1.98. The van der Waals surface area contributed by atoms with Crippen LogP contribution in [0.2, 0.25) is 0 Å². The maximum atomic E-state index is 11.3. The van der Waals surface area contributed by atoms with Crippen LogP contribution in [-0.4, -0.2) is 39.0 Å². The van der Waals surface area contributed by atoms with Gasteiger partial charge in [0.25, 0.3) is 0 Å². The molecule has 0 aromatic heterocycles. The Hall–Kier alpha value is -0.950. The van der Waals surface area contributed by atoms with Crippen LogP contribution in [0.4, 0.5) is 0 Å². The molecule has 1 aromatic carbocycles. The summed E-state index contributed by atoms with van der Waals surface area (Å²) < 4.78 is 22.5. The fourth-order valence-electron chi connectivity index (χ4n) is 2.87. The van der Waals surface area contributed by atoms with Crippen LogP contribution in [0.1, 0.15) is 38.3 Å². The molecule has 1 aliphatic rings.